The third-order valence-corrected chi connectivity index (χ3v) is 6.53. The van der Waals surface area contributed by atoms with Gasteiger partial charge in [-0.25, -0.2) is 13.2 Å². The zero-order valence-corrected chi connectivity index (χ0v) is 16.1. The molecule has 0 radical (unpaired) electrons. The van der Waals surface area contributed by atoms with Crippen LogP contribution < -0.4 is 10.0 Å². The van der Waals surface area contributed by atoms with Crippen molar-refractivity contribution in [3.05, 3.63) is 52.4 Å². The van der Waals surface area contributed by atoms with Gasteiger partial charge in [-0.2, -0.15) is 4.72 Å². The van der Waals surface area contributed by atoms with Gasteiger partial charge >= 0.3 is 5.97 Å². The Hall–Kier alpha value is -2.23. The van der Waals surface area contributed by atoms with Crippen molar-refractivity contribution in [2.75, 3.05) is 0 Å². The summed E-state index contributed by atoms with van der Waals surface area (Å²) in [6.45, 7) is 5.02. The number of carbonyl (C=O) groups is 2. The predicted octanol–water partition coefficient (Wildman–Crippen LogP) is 1.97. The van der Waals surface area contributed by atoms with E-state index in [-0.39, 0.29) is 4.21 Å². The summed E-state index contributed by atoms with van der Waals surface area (Å²) in [5, 5.41) is 13.5. The lowest BCUT2D eigenvalue weighted by Crippen LogP contribution is -2.47. The molecular weight excluding hydrogens is 376 g/mol. The van der Waals surface area contributed by atoms with Crippen molar-refractivity contribution in [1.82, 2.24) is 10.0 Å². The fraction of sp³-hybridized carbons (Fsp3) is 0.294. The van der Waals surface area contributed by atoms with Gasteiger partial charge in [-0.05, 0) is 37.8 Å². The molecule has 0 saturated carbocycles. The first-order valence-corrected chi connectivity index (χ1v) is 10.1. The number of amides is 1. The number of carbonyl (C=O) groups excluding carboxylic acids is 1. The molecule has 1 heterocycles. The number of rotatable bonds is 7. The number of sulfonamides is 1. The number of hydrogen-bond donors (Lipinski definition) is 3. The van der Waals surface area contributed by atoms with E-state index in [0.717, 1.165) is 22.5 Å². The molecule has 140 valence electrons. The highest BCUT2D eigenvalue weighted by molar-refractivity contribution is 7.91. The Morgan fingerprint density at radius 2 is 1.77 bits per heavy atom. The minimum Gasteiger partial charge on any atom is -0.479 e. The Balaban J connectivity index is 2.16. The Bertz CT molecular complexity index is 887. The monoisotopic (exact) mass is 396 g/mol. The third-order valence-electron chi connectivity index (χ3n) is 3.60. The number of carboxylic acid groups (broad SMARTS) is 1. The molecule has 2 aromatic rings. The Labute approximate surface area is 156 Å². The number of aliphatic carboxylic acids is 1. The van der Waals surface area contributed by atoms with Crippen LogP contribution in [0.5, 0.6) is 0 Å². The minimum absolute atomic E-state index is 0.0845. The second-order valence-electron chi connectivity index (χ2n) is 5.98. The van der Waals surface area contributed by atoms with E-state index in [1.165, 1.54) is 13.0 Å². The van der Waals surface area contributed by atoms with Gasteiger partial charge in [-0.3, -0.25) is 4.79 Å². The highest BCUT2D eigenvalue weighted by Gasteiger charge is 2.28. The van der Waals surface area contributed by atoms with Crippen LogP contribution in [0, 0.1) is 13.8 Å². The summed E-state index contributed by atoms with van der Waals surface area (Å²) < 4.78 is 26.7. The second-order valence-corrected chi connectivity index (χ2v) is 8.86. The van der Waals surface area contributed by atoms with Gasteiger partial charge in [0, 0.05) is 0 Å². The third kappa shape index (κ3) is 4.90. The number of thiophene rings is 1. The van der Waals surface area contributed by atoms with E-state index in [1.807, 2.05) is 19.9 Å². The lowest BCUT2D eigenvalue weighted by atomic mass is 10.0. The molecule has 0 spiro atoms. The summed E-state index contributed by atoms with van der Waals surface area (Å²) >= 11 is 1.03. The fourth-order valence-corrected chi connectivity index (χ4v) is 4.70. The molecule has 0 saturated heterocycles. The first kappa shape index (κ1) is 20.1. The first-order valence-electron chi connectivity index (χ1n) is 7.77. The van der Waals surface area contributed by atoms with E-state index in [1.54, 1.807) is 23.6 Å². The molecule has 0 aliphatic rings. The average molecular weight is 396 g/mol. The van der Waals surface area contributed by atoms with Crippen LogP contribution in [-0.4, -0.2) is 31.4 Å². The summed E-state index contributed by atoms with van der Waals surface area (Å²) in [5.41, 5.74) is 2.16. The molecule has 1 aromatic carbocycles. The molecule has 26 heavy (non-hydrogen) atoms. The van der Waals surface area contributed by atoms with Crippen molar-refractivity contribution in [2.24, 2.45) is 0 Å². The zero-order chi connectivity index (χ0) is 19.5. The standard InChI is InChI=1S/C17H20N2O5S2/c1-10-7-11(2)9-13(8-10)15(17(21)22)18-16(20)12(3)19-26(23,24)14-5-4-6-25-14/h4-9,12,15,19H,1-3H3,(H,18,20)(H,21,22). The Kier molecular flexibility index (Phi) is 6.17. The predicted molar refractivity (Wildman–Crippen MR) is 98.5 cm³/mol. The smallest absolute Gasteiger partial charge is 0.330 e. The average Bonchev–Trinajstić information content (AvgIpc) is 3.05. The molecule has 2 rings (SSSR count). The first-order chi connectivity index (χ1) is 12.1. The Morgan fingerprint density at radius 1 is 1.15 bits per heavy atom. The maximum Gasteiger partial charge on any atom is 0.330 e. The molecule has 0 aliphatic heterocycles. The molecule has 1 aromatic heterocycles. The zero-order valence-electron chi connectivity index (χ0n) is 14.5. The molecular formula is C17H20N2O5S2. The highest BCUT2D eigenvalue weighted by Crippen LogP contribution is 2.19. The van der Waals surface area contributed by atoms with Crippen LogP contribution in [0.4, 0.5) is 0 Å². The molecule has 0 aliphatic carbocycles. The molecule has 9 heteroatoms. The second kappa shape index (κ2) is 7.98. The van der Waals surface area contributed by atoms with Crippen LogP contribution in [0.1, 0.15) is 29.7 Å². The molecule has 0 fully saturated rings. The van der Waals surface area contributed by atoms with Crippen molar-refractivity contribution in [1.29, 1.82) is 0 Å². The molecule has 2 unspecified atom stereocenters. The van der Waals surface area contributed by atoms with Crippen LogP contribution in [0.2, 0.25) is 0 Å². The van der Waals surface area contributed by atoms with E-state index in [9.17, 15) is 23.1 Å². The van der Waals surface area contributed by atoms with Gasteiger partial charge in [0.25, 0.3) is 10.0 Å². The molecule has 2 atom stereocenters. The van der Waals surface area contributed by atoms with Crippen LogP contribution >= 0.6 is 11.3 Å². The normalized spacial score (nSPS) is 13.8. The number of aryl methyl sites for hydroxylation is 2. The van der Waals surface area contributed by atoms with Crippen LogP contribution in [0.25, 0.3) is 0 Å². The van der Waals surface area contributed by atoms with Crippen molar-refractivity contribution in [2.45, 2.75) is 37.1 Å². The summed E-state index contributed by atoms with van der Waals surface area (Å²) in [4.78, 5) is 24.0. The molecule has 7 nitrogen and oxygen atoms in total. The van der Waals surface area contributed by atoms with E-state index >= 15 is 0 Å². The van der Waals surface area contributed by atoms with Gasteiger partial charge in [-0.15, -0.1) is 11.3 Å². The van der Waals surface area contributed by atoms with Crippen molar-refractivity contribution in [3.63, 3.8) is 0 Å². The maximum atomic E-state index is 12.4. The fourth-order valence-electron chi connectivity index (χ4n) is 2.49. The number of benzene rings is 1. The van der Waals surface area contributed by atoms with Gasteiger partial charge in [0.1, 0.15) is 4.21 Å². The van der Waals surface area contributed by atoms with Gasteiger partial charge in [-0.1, -0.05) is 35.4 Å². The maximum absolute atomic E-state index is 12.4. The van der Waals surface area contributed by atoms with Gasteiger partial charge in [0.2, 0.25) is 5.91 Å². The largest absolute Gasteiger partial charge is 0.479 e. The Morgan fingerprint density at radius 3 is 2.27 bits per heavy atom. The SMILES string of the molecule is Cc1cc(C)cc(C(NC(=O)C(C)NS(=O)(=O)c2cccs2)C(=O)O)c1. The minimum atomic E-state index is -3.84. The number of carboxylic acids is 1. The van der Waals surface area contributed by atoms with Crippen LogP contribution in [0.15, 0.2) is 39.9 Å². The van der Waals surface area contributed by atoms with Crippen molar-refractivity contribution >= 4 is 33.2 Å². The summed E-state index contributed by atoms with van der Waals surface area (Å²) in [6.07, 6.45) is 0. The van der Waals surface area contributed by atoms with Crippen molar-refractivity contribution < 1.29 is 23.1 Å². The summed E-state index contributed by atoms with van der Waals surface area (Å²) in [6, 6.07) is 5.85. The quantitative estimate of drug-likeness (QED) is 0.662. The summed E-state index contributed by atoms with van der Waals surface area (Å²) in [5.74, 6) is -1.95. The van der Waals surface area contributed by atoms with E-state index < -0.39 is 34.0 Å². The van der Waals surface area contributed by atoms with Gasteiger partial charge in [0.05, 0.1) is 6.04 Å². The molecule has 1 amide bonds. The van der Waals surface area contributed by atoms with Crippen LogP contribution in [-0.2, 0) is 19.6 Å². The lowest BCUT2D eigenvalue weighted by Gasteiger charge is -2.19. The summed E-state index contributed by atoms with van der Waals surface area (Å²) in [7, 11) is -3.84. The van der Waals surface area contributed by atoms with Gasteiger partial charge in [0.15, 0.2) is 6.04 Å². The molecule has 3 N–H and O–H groups in total. The lowest BCUT2D eigenvalue weighted by molar-refractivity contribution is -0.142. The van der Waals surface area contributed by atoms with E-state index in [4.69, 9.17) is 0 Å². The molecule has 0 bridgehead atoms. The topological polar surface area (TPSA) is 113 Å². The highest BCUT2D eigenvalue weighted by atomic mass is 32.2. The van der Waals surface area contributed by atoms with E-state index in [0.29, 0.717) is 5.56 Å². The number of hydrogen-bond acceptors (Lipinski definition) is 5. The van der Waals surface area contributed by atoms with Gasteiger partial charge < -0.3 is 10.4 Å². The van der Waals surface area contributed by atoms with Crippen LogP contribution in [0.3, 0.4) is 0 Å². The van der Waals surface area contributed by atoms with E-state index in [2.05, 4.69) is 10.0 Å². The van der Waals surface area contributed by atoms with Crippen molar-refractivity contribution in [3.8, 4) is 0 Å². The number of nitrogens with one attached hydrogen (secondary N) is 2.